The Labute approximate surface area is 140 Å². The highest BCUT2D eigenvalue weighted by Gasteiger charge is 2.24. The fraction of sp³-hybridized carbons (Fsp3) is 0.714. The number of thioether (sulfide) groups is 1. The molecule has 0 amide bonds. The smallest absolute Gasteiger partial charge is 0.228 e. The van der Waals surface area contributed by atoms with Crippen LogP contribution in [0.25, 0.3) is 0 Å². The summed E-state index contributed by atoms with van der Waals surface area (Å²) in [6.45, 7) is 7.10. The maximum Gasteiger partial charge on any atom is 0.228 e. The normalized spacial score (nSPS) is 20.5. The topological polar surface area (TPSA) is 44.7 Å². The molecule has 0 atom stereocenters. The highest BCUT2D eigenvalue weighted by molar-refractivity contribution is 7.98. The molecule has 0 aliphatic carbocycles. The second kappa shape index (κ2) is 7.21. The molecule has 0 unspecified atom stereocenters. The van der Waals surface area contributed by atoms with Crippen LogP contribution in [0.3, 0.4) is 0 Å². The minimum atomic E-state index is 0.554. The minimum absolute atomic E-state index is 0.554. The number of morpholine rings is 1. The Morgan fingerprint density at radius 3 is 2.32 bits per heavy atom. The van der Waals surface area contributed by atoms with Gasteiger partial charge in [0.2, 0.25) is 5.95 Å². The summed E-state index contributed by atoms with van der Waals surface area (Å²) in [5.74, 6) is 1.70. The molecule has 3 heterocycles. The molecule has 0 radical (unpaired) electrons. The Morgan fingerprint density at radius 2 is 1.68 bits per heavy atom. The van der Waals surface area contributed by atoms with E-state index in [0.717, 1.165) is 69.1 Å². The van der Waals surface area contributed by atoms with Gasteiger partial charge in [-0.05, 0) is 13.3 Å². The minimum Gasteiger partial charge on any atom is -0.378 e. The van der Waals surface area contributed by atoms with Gasteiger partial charge < -0.3 is 19.4 Å². The van der Waals surface area contributed by atoms with E-state index in [-0.39, 0.29) is 0 Å². The molecule has 2 aliphatic heterocycles. The van der Waals surface area contributed by atoms with Crippen LogP contribution in [0.4, 0.5) is 11.8 Å². The first-order valence-corrected chi connectivity index (χ1v) is 9.17. The lowest BCUT2D eigenvalue weighted by molar-refractivity contribution is 0.122. The first-order chi connectivity index (χ1) is 10.7. The van der Waals surface area contributed by atoms with Gasteiger partial charge >= 0.3 is 0 Å². The summed E-state index contributed by atoms with van der Waals surface area (Å²) in [6.07, 6.45) is 2.03. The van der Waals surface area contributed by atoms with E-state index in [1.165, 1.54) is 0 Å². The first-order valence-electron chi connectivity index (χ1n) is 7.56. The van der Waals surface area contributed by atoms with E-state index in [2.05, 4.69) is 26.7 Å². The zero-order valence-electron chi connectivity index (χ0n) is 13.1. The van der Waals surface area contributed by atoms with Gasteiger partial charge in [-0.3, -0.25) is 0 Å². The van der Waals surface area contributed by atoms with E-state index >= 15 is 0 Å². The molecule has 0 N–H and O–H groups in total. The van der Waals surface area contributed by atoms with Gasteiger partial charge in [-0.1, -0.05) is 11.6 Å². The maximum atomic E-state index is 6.43. The van der Waals surface area contributed by atoms with Gasteiger partial charge in [0.25, 0.3) is 0 Å². The molecule has 0 bridgehead atoms. The molecule has 122 valence electrons. The molecular formula is C14H22ClN5OS. The van der Waals surface area contributed by atoms with Crippen LogP contribution >= 0.6 is 23.4 Å². The molecule has 0 saturated carbocycles. The molecular weight excluding hydrogens is 322 g/mol. The molecule has 0 spiro atoms. The summed E-state index contributed by atoms with van der Waals surface area (Å²) in [7, 11) is 2.15. The average molecular weight is 344 g/mol. The monoisotopic (exact) mass is 343 g/mol. The van der Waals surface area contributed by atoms with Crippen molar-refractivity contribution in [2.45, 2.75) is 4.90 Å². The fourth-order valence-electron chi connectivity index (χ4n) is 2.71. The number of rotatable bonds is 3. The van der Waals surface area contributed by atoms with Crippen LogP contribution in [0.1, 0.15) is 0 Å². The number of hydrogen-bond donors (Lipinski definition) is 0. The lowest BCUT2D eigenvalue weighted by atomic mass is 10.3. The zero-order chi connectivity index (χ0) is 15.5. The van der Waals surface area contributed by atoms with Gasteiger partial charge in [0.05, 0.1) is 18.1 Å². The summed E-state index contributed by atoms with van der Waals surface area (Å²) in [6, 6.07) is 0. The molecule has 3 rings (SSSR count). The molecule has 1 aromatic rings. The molecule has 2 fully saturated rings. The number of piperazine rings is 1. The fourth-order valence-corrected chi connectivity index (χ4v) is 3.68. The Balaban J connectivity index is 1.90. The van der Waals surface area contributed by atoms with Crippen molar-refractivity contribution < 1.29 is 4.74 Å². The highest BCUT2D eigenvalue weighted by atomic mass is 35.5. The van der Waals surface area contributed by atoms with E-state index < -0.39 is 0 Å². The van der Waals surface area contributed by atoms with Gasteiger partial charge in [0, 0.05) is 39.3 Å². The number of ether oxygens (including phenoxy) is 1. The van der Waals surface area contributed by atoms with Crippen molar-refractivity contribution in [2.24, 2.45) is 0 Å². The van der Waals surface area contributed by atoms with E-state index in [1.807, 2.05) is 6.26 Å². The summed E-state index contributed by atoms with van der Waals surface area (Å²) in [5, 5.41) is 0.554. The first kappa shape index (κ1) is 16.1. The van der Waals surface area contributed by atoms with E-state index in [4.69, 9.17) is 21.3 Å². The quantitative estimate of drug-likeness (QED) is 0.607. The Bertz CT molecular complexity index is 518. The van der Waals surface area contributed by atoms with Crippen molar-refractivity contribution in [1.29, 1.82) is 0 Å². The predicted molar refractivity (Wildman–Crippen MR) is 91.6 cm³/mol. The lowest BCUT2D eigenvalue weighted by Gasteiger charge is -2.35. The van der Waals surface area contributed by atoms with Crippen LogP contribution in [0.5, 0.6) is 0 Å². The number of halogens is 1. The molecule has 6 nitrogen and oxygen atoms in total. The number of anilines is 2. The van der Waals surface area contributed by atoms with E-state index in [1.54, 1.807) is 11.8 Å². The summed E-state index contributed by atoms with van der Waals surface area (Å²) < 4.78 is 5.40. The van der Waals surface area contributed by atoms with E-state index in [9.17, 15) is 0 Å². The third-order valence-corrected chi connectivity index (χ3v) is 5.27. The Morgan fingerprint density at radius 1 is 1.00 bits per heavy atom. The molecule has 8 heteroatoms. The van der Waals surface area contributed by atoms with Gasteiger partial charge in [0.15, 0.2) is 0 Å². The number of hydrogen-bond acceptors (Lipinski definition) is 7. The third kappa shape index (κ3) is 3.42. The van der Waals surface area contributed by atoms with Crippen molar-refractivity contribution in [3.05, 3.63) is 5.15 Å². The van der Waals surface area contributed by atoms with Crippen LogP contribution in [-0.4, -0.2) is 80.7 Å². The zero-order valence-corrected chi connectivity index (χ0v) is 14.7. The molecule has 2 aliphatic rings. The second-order valence-electron chi connectivity index (χ2n) is 5.56. The standard InChI is InChI=1S/C14H22ClN5OS/c1-18-3-5-19(6-4-18)13-11(22-2)12(15)16-14(17-13)20-7-9-21-10-8-20/h3-10H2,1-2H3. The second-order valence-corrected chi connectivity index (χ2v) is 6.74. The van der Waals surface area contributed by atoms with Crippen LogP contribution in [-0.2, 0) is 4.74 Å². The van der Waals surface area contributed by atoms with Gasteiger partial charge in [-0.15, -0.1) is 11.8 Å². The molecule has 0 aromatic carbocycles. The lowest BCUT2D eigenvalue weighted by Crippen LogP contribution is -2.45. The third-order valence-electron chi connectivity index (χ3n) is 4.10. The van der Waals surface area contributed by atoms with Gasteiger partial charge in [0.1, 0.15) is 11.0 Å². The van der Waals surface area contributed by atoms with Crippen molar-refractivity contribution in [3.8, 4) is 0 Å². The maximum absolute atomic E-state index is 6.43. The predicted octanol–water partition coefficient (Wildman–Crippen LogP) is 1.44. The Hall–Kier alpha value is -0.760. The van der Waals surface area contributed by atoms with Crippen molar-refractivity contribution in [2.75, 3.05) is 75.6 Å². The molecule has 22 heavy (non-hydrogen) atoms. The van der Waals surface area contributed by atoms with Crippen LogP contribution in [0.15, 0.2) is 4.90 Å². The number of likely N-dealkylation sites (N-methyl/N-ethyl adjacent to an activating group) is 1. The van der Waals surface area contributed by atoms with E-state index in [0.29, 0.717) is 5.15 Å². The summed E-state index contributed by atoms with van der Waals surface area (Å²) in [4.78, 5) is 17.1. The summed E-state index contributed by atoms with van der Waals surface area (Å²) >= 11 is 8.05. The largest absolute Gasteiger partial charge is 0.378 e. The van der Waals surface area contributed by atoms with Crippen molar-refractivity contribution >= 4 is 35.1 Å². The molecule has 2 saturated heterocycles. The van der Waals surface area contributed by atoms with Gasteiger partial charge in [-0.2, -0.15) is 9.97 Å². The highest BCUT2D eigenvalue weighted by Crippen LogP contribution is 2.34. The van der Waals surface area contributed by atoms with Gasteiger partial charge in [-0.25, -0.2) is 0 Å². The van der Waals surface area contributed by atoms with Crippen molar-refractivity contribution in [1.82, 2.24) is 14.9 Å². The Kier molecular flexibility index (Phi) is 5.28. The average Bonchev–Trinajstić information content (AvgIpc) is 2.55. The molecule has 1 aromatic heterocycles. The van der Waals surface area contributed by atoms with Crippen molar-refractivity contribution in [3.63, 3.8) is 0 Å². The number of aromatic nitrogens is 2. The van der Waals surface area contributed by atoms with Crippen LogP contribution in [0, 0.1) is 0 Å². The SMILES string of the molecule is CSc1c(Cl)nc(N2CCOCC2)nc1N1CCN(C)CC1. The number of nitrogens with zero attached hydrogens (tertiary/aromatic N) is 5. The van der Waals surface area contributed by atoms with Crippen LogP contribution in [0.2, 0.25) is 5.15 Å². The van der Waals surface area contributed by atoms with Crippen LogP contribution < -0.4 is 9.80 Å². The summed E-state index contributed by atoms with van der Waals surface area (Å²) in [5.41, 5.74) is 0.